The predicted molar refractivity (Wildman–Crippen MR) is 105 cm³/mol. The van der Waals surface area contributed by atoms with Crippen LogP contribution in [0.15, 0.2) is 18.2 Å². The number of nitrogens with zero attached hydrogens (tertiary/aromatic N) is 2. The molecule has 0 aliphatic heterocycles. The lowest BCUT2D eigenvalue weighted by atomic mass is 10.1. The number of methoxy groups -OCH3 is 1. The van der Waals surface area contributed by atoms with E-state index in [9.17, 15) is 18.4 Å². The summed E-state index contributed by atoms with van der Waals surface area (Å²) in [5.41, 5.74) is -0.133. The fourth-order valence-electron chi connectivity index (χ4n) is 2.90. The first-order valence-electron chi connectivity index (χ1n) is 9.13. The number of rotatable bonds is 9. The van der Waals surface area contributed by atoms with Crippen molar-refractivity contribution in [2.75, 3.05) is 25.6 Å². The summed E-state index contributed by atoms with van der Waals surface area (Å²) in [5, 5.41) is 8.70. The van der Waals surface area contributed by atoms with Crippen LogP contribution in [-0.4, -0.2) is 53.2 Å². The molecule has 0 saturated carbocycles. The minimum atomic E-state index is -1.20. The Morgan fingerprint density at radius 1 is 1.24 bits per heavy atom. The van der Waals surface area contributed by atoms with E-state index < -0.39 is 17.5 Å². The van der Waals surface area contributed by atoms with Gasteiger partial charge in [0.1, 0.15) is 5.82 Å². The van der Waals surface area contributed by atoms with Crippen molar-refractivity contribution in [3.63, 3.8) is 0 Å². The molecule has 158 valence electrons. The molecule has 1 aromatic carbocycles. The Labute approximate surface area is 172 Å². The lowest BCUT2D eigenvalue weighted by molar-refractivity contribution is 0.0583. The van der Waals surface area contributed by atoms with E-state index in [1.54, 1.807) is 12.0 Å². The number of ether oxygens (including phenoxy) is 1. The summed E-state index contributed by atoms with van der Waals surface area (Å²) in [6, 6.07) is 2.82. The third-order valence-electron chi connectivity index (χ3n) is 4.48. The number of anilines is 1. The van der Waals surface area contributed by atoms with E-state index >= 15 is 0 Å². The molecule has 2 aromatic rings. The zero-order chi connectivity index (χ0) is 21.6. The van der Waals surface area contributed by atoms with E-state index in [4.69, 9.17) is 16.3 Å². The van der Waals surface area contributed by atoms with Crippen molar-refractivity contribution in [3.05, 3.63) is 46.1 Å². The third kappa shape index (κ3) is 5.51. The van der Waals surface area contributed by atoms with Crippen LogP contribution >= 0.6 is 11.6 Å². The number of amides is 2. The summed E-state index contributed by atoms with van der Waals surface area (Å²) in [6.45, 7) is 4.76. The number of benzene rings is 1. The first kappa shape index (κ1) is 22.8. The molecule has 2 rings (SSSR count). The third-order valence-corrected chi connectivity index (χ3v) is 4.79. The average Bonchev–Trinajstić information content (AvgIpc) is 3.15. The van der Waals surface area contributed by atoms with Gasteiger partial charge >= 0.3 is 0 Å². The Balaban J connectivity index is 2.17. The maximum atomic E-state index is 13.4. The Morgan fingerprint density at radius 3 is 2.52 bits per heavy atom. The molecule has 10 heteroatoms. The second kappa shape index (κ2) is 10.3. The number of aromatic amines is 1. The first-order chi connectivity index (χ1) is 13.8. The quantitative estimate of drug-likeness (QED) is 0.593. The summed E-state index contributed by atoms with van der Waals surface area (Å²) in [6.07, 6.45) is 1.54. The van der Waals surface area contributed by atoms with Crippen LogP contribution < -0.4 is 5.32 Å². The monoisotopic (exact) mass is 428 g/mol. The van der Waals surface area contributed by atoms with Crippen molar-refractivity contribution >= 4 is 29.2 Å². The van der Waals surface area contributed by atoms with E-state index in [1.165, 1.54) is 6.07 Å². The molecule has 0 spiro atoms. The maximum absolute atomic E-state index is 13.4. The van der Waals surface area contributed by atoms with Gasteiger partial charge < -0.3 is 15.0 Å². The number of halogens is 3. The van der Waals surface area contributed by atoms with E-state index in [2.05, 4.69) is 15.5 Å². The fraction of sp³-hybridized carbons (Fsp3) is 0.421. The van der Waals surface area contributed by atoms with Gasteiger partial charge in [-0.25, -0.2) is 8.78 Å². The van der Waals surface area contributed by atoms with E-state index in [0.29, 0.717) is 19.2 Å². The maximum Gasteiger partial charge on any atom is 0.274 e. The van der Waals surface area contributed by atoms with Crippen LogP contribution in [0.4, 0.5) is 14.6 Å². The lowest BCUT2D eigenvalue weighted by Crippen LogP contribution is -2.42. The number of nitrogens with one attached hydrogen (secondary N) is 2. The highest BCUT2D eigenvalue weighted by molar-refractivity contribution is 6.34. The van der Waals surface area contributed by atoms with E-state index in [1.807, 2.05) is 13.8 Å². The molecule has 1 aromatic heterocycles. The second-order valence-electron chi connectivity index (χ2n) is 6.33. The van der Waals surface area contributed by atoms with Gasteiger partial charge in [-0.15, -0.1) is 0 Å². The van der Waals surface area contributed by atoms with Gasteiger partial charge in [0.2, 0.25) is 0 Å². The molecule has 29 heavy (non-hydrogen) atoms. The van der Waals surface area contributed by atoms with Crippen LogP contribution in [0.2, 0.25) is 5.02 Å². The van der Waals surface area contributed by atoms with Crippen LogP contribution in [0, 0.1) is 11.6 Å². The molecule has 7 nitrogen and oxygen atoms in total. The summed E-state index contributed by atoms with van der Waals surface area (Å²) >= 11 is 5.81. The average molecular weight is 429 g/mol. The number of H-pyrrole nitrogens is 1. The van der Waals surface area contributed by atoms with E-state index in [0.717, 1.165) is 18.9 Å². The number of hydrogen-bond acceptors (Lipinski definition) is 4. The fourth-order valence-corrected chi connectivity index (χ4v) is 3.13. The van der Waals surface area contributed by atoms with Gasteiger partial charge in [0.15, 0.2) is 17.3 Å². The van der Waals surface area contributed by atoms with Crippen molar-refractivity contribution < 1.29 is 23.1 Å². The van der Waals surface area contributed by atoms with Gasteiger partial charge in [-0.1, -0.05) is 25.4 Å². The minimum Gasteiger partial charge on any atom is -0.383 e. The molecule has 0 unspecified atom stereocenters. The molecule has 0 fully saturated rings. The highest BCUT2D eigenvalue weighted by Gasteiger charge is 2.25. The SMILES string of the molecule is CCC(CC)N(CCOC)C(=O)c1cc(NC(=O)c2cc(F)c(F)cc2Cl)[nH]n1. The van der Waals surface area contributed by atoms with Crippen molar-refractivity contribution in [2.24, 2.45) is 0 Å². The van der Waals surface area contributed by atoms with Crippen LogP contribution in [0.25, 0.3) is 0 Å². The number of aromatic nitrogens is 2. The smallest absolute Gasteiger partial charge is 0.274 e. The van der Waals surface area contributed by atoms with Gasteiger partial charge in [0, 0.05) is 25.8 Å². The van der Waals surface area contributed by atoms with Crippen LogP contribution in [0.3, 0.4) is 0 Å². The van der Waals surface area contributed by atoms with Crippen molar-refractivity contribution in [1.29, 1.82) is 0 Å². The van der Waals surface area contributed by atoms with Crippen molar-refractivity contribution in [1.82, 2.24) is 15.1 Å². The zero-order valence-corrected chi connectivity index (χ0v) is 17.1. The molecule has 2 amide bonds. The van der Waals surface area contributed by atoms with Crippen LogP contribution in [-0.2, 0) is 4.74 Å². The molecular formula is C19H23ClF2N4O3. The largest absolute Gasteiger partial charge is 0.383 e. The zero-order valence-electron chi connectivity index (χ0n) is 16.4. The molecule has 0 aliphatic carbocycles. The summed E-state index contributed by atoms with van der Waals surface area (Å²) in [4.78, 5) is 26.9. The molecule has 1 heterocycles. The molecule has 0 bridgehead atoms. The standard InChI is InChI=1S/C19H23ClF2N4O3/c1-4-11(5-2)26(6-7-29-3)19(28)16-10-17(25-24-16)23-18(27)12-8-14(21)15(22)9-13(12)20/h8-11H,4-7H2,1-3H3,(H2,23,24,25,27). The van der Waals surface area contributed by atoms with Gasteiger partial charge in [-0.3, -0.25) is 14.7 Å². The highest BCUT2D eigenvalue weighted by atomic mass is 35.5. The molecule has 0 atom stereocenters. The molecule has 2 N–H and O–H groups in total. The number of hydrogen-bond donors (Lipinski definition) is 2. The number of carbonyl (C=O) groups is 2. The lowest BCUT2D eigenvalue weighted by Gasteiger charge is -2.29. The Morgan fingerprint density at radius 2 is 1.90 bits per heavy atom. The van der Waals surface area contributed by atoms with Gasteiger partial charge in [-0.05, 0) is 25.0 Å². The highest BCUT2D eigenvalue weighted by Crippen LogP contribution is 2.21. The predicted octanol–water partition coefficient (Wildman–Crippen LogP) is 3.87. The van der Waals surface area contributed by atoms with Gasteiger partial charge in [0.05, 0.1) is 17.2 Å². The van der Waals surface area contributed by atoms with Crippen molar-refractivity contribution in [3.8, 4) is 0 Å². The Bertz CT molecular complexity index is 871. The summed E-state index contributed by atoms with van der Waals surface area (Å²) in [7, 11) is 1.56. The van der Waals surface area contributed by atoms with Crippen LogP contribution in [0.1, 0.15) is 47.5 Å². The second-order valence-corrected chi connectivity index (χ2v) is 6.74. The molecule has 0 radical (unpaired) electrons. The minimum absolute atomic E-state index is 0.0217. The Kier molecular flexibility index (Phi) is 8.10. The van der Waals surface area contributed by atoms with Crippen molar-refractivity contribution in [2.45, 2.75) is 32.7 Å². The Hall–Kier alpha value is -2.52. The summed E-state index contributed by atoms with van der Waals surface area (Å²) < 4.78 is 31.7. The molecule has 0 aliphatic rings. The topological polar surface area (TPSA) is 87.3 Å². The summed E-state index contributed by atoms with van der Waals surface area (Å²) in [5.74, 6) is -3.31. The number of carbonyl (C=O) groups excluding carboxylic acids is 2. The normalized spacial score (nSPS) is 11.0. The molecule has 0 saturated heterocycles. The van der Waals surface area contributed by atoms with Gasteiger partial charge in [0.25, 0.3) is 11.8 Å². The molecular weight excluding hydrogens is 406 g/mol. The van der Waals surface area contributed by atoms with Crippen LogP contribution in [0.5, 0.6) is 0 Å². The first-order valence-corrected chi connectivity index (χ1v) is 9.51. The van der Waals surface area contributed by atoms with E-state index in [-0.39, 0.29) is 34.0 Å². The van der Waals surface area contributed by atoms with Gasteiger partial charge in [-0.2, -0.15) is 5.10 Å².